The average molecular weight is 656 g/mol. The molecule has 246 valence electrons. The predicted octanol–water partition coefficient (Wildman–Crippen LogP) is 7.82. The molecule has 1 aromatic heterocycles. The number of carbonyl (C=O) groups excluding carboxylic acids is 2. The van der Waals surface area contributed by atoms with Gasteiger partial charge in [0.15, 0.2) is 0 Å². The summed E-state index contributed by atoms with van der Waals surface area (Å²) < 4.78 is 1.94. The van der Waals surface area contributed by atoms with Crippen LogP contribution in [-0.4, -0.2) is 61.0 Å². The van der Waals surface area contributed by atoms with Crippen LogP contribution in [-0.2, 0) is 17.8 Å². The van der Waals surface area contributed by atoms with Crippen LogP contribution in [0.25, 0.3) is 11.0 Å². The van der Waals surface area contributed by atoms with Crippen LogP contribution in [0.1, 0.15) is 68.1 Å². The number of carboxylic acid groups (broad SMARTS) is 1. The molecule has 47 heavy (non-hydrogen) atoms. The normalized spacial score (nSPS) is 16.1. The minimum absolute atomic E-state index is 0.107. The maximum absolute atomic E-state index is 13.4. The lowest BCUT2D eigenvalue weighted by Gasteiger charge is -2.41. The lowest BCUT2D eigenvalue weighted by atomic mass is 9.84. The Kier molecular flexibility index (Phi) is 10.1. The van der Waals surface area contributed by atoms with Crippen LogP contribution in [0, 0.1) is 5.41 Å². The van der Waals surface area contributed by atoms with Crippen LogP contribution < -0.4 is 5.32 Å². The van der Waals surface area contributed by atoms with Crippen molar-refractivity contribution in [2.24, 2.45) is 5.41 Å². The van der Waals surface area contributed by atoms with E-state index < -0.39 is 12.1 Å². The molecule has 0 aliphatic carbocycles. The molecule has 3 atom stereocenters. The van der Waals surface area contributed by atoms with Gasteiger partial charge in [-0.1, -0.05) is 75.3 Å². The van der Waals surface area contributed by atoms with E-state index in [1.807, 2.05) is 85.7 Å². The lowest BCUT2D eigenvalue weighted by Crippen LogP contribution is -2.47. The molecule has 0 radical (unpaired) electrons. The molecule has 9 nitrogen and oxygen atoms in total. The van der Waals surface area contributed by atoms with Crippen LogP contribution >= 0.6 is 11.6 Å². The number of aromatic nitrogens is 2. The number of amides is 3. The van der Waals surface area contributed by atoms with Crippen LogP contribution in [0.4, 0.5) is 10.7 Å². The standard InChI is InChI=1S/C37H42ClN5O4/c1-6-33(44)41-20-10-13-29(41)23-42-31-19-16-27(22-30(31)39-35(42)40-34(45)26-14-17-28(38)18-15-26)32(21-25-11-8-7-9-12-25)43(36(46)47)24(2)37(3,4)5/h6-9,11-12,14-19,22,24,29,32H,1,10,13,20-21,23H2,2-5H3,(H,46,47)(H,39,40,45)/t24-,29?,32?/m0/s1. The third-order valence-electron chi connectivity index (χ3n) is 9.22. The number of nitrogens with one attached hydrogen (secondary N) is 1. The maximum atomic E-state index is 13.4. The van der Waals surface area contributed by atoms with Crippen molar-refractivity contribution in [3.8, 4) is 0 Å². The average Bonchev–Trinajstić information content (AvgIpc) is 3.64. The predicted molar refractivity (Wildman–Crippen MR) is 186 cm³/mol. The van der Waals surface area contributed by atoms with Crippen molar-refractivity contribution in [3.05, 3.63) is 107 Å². The Morgan fingerprint density at radius 3 is 2.45 bits per heavy atom. The fourth-order valence-electron chi connectivity index (χ4n) is 6.25. The molecule has 10 heteroatoms. The number of imidazole rings is 1. The summed E-state index contributed by atoms with van der Waals surface area (Å²) in [5.74, 6) is -0.133. The van der Waals surface area contributed by atoms with E-state index in [2.05, 4.69) is 11.9 Å². The van der Waals surface area contributed by atoms with Gasteiger partial charge in [-0.2, -0.15) is 0 Å². The van der Waals surface area contributed by atoms with Gasteiger partial charge in [-0.05, 0) is 85.2 Å². The zero-order valence-corrected chi connectivity index (χ0v) is 28.1. The molecule has 1 fully saturated rings. The minimum Gasteiger partial charge on any atom is -0.465 e. The summed E-state index contributed by atoms with van der Waals surface area (Å²) in [7, 11) is 0. The van der Waals surface area contributed by atoms with E-state index in [1.165, 1.54) is 6.08 Å². The van der Waals surface area contributed by atoms with Crippen molar-refractivity contribution < 1.29 is 19.5 Å². The van der Waals surface area contributed by atoms with E-state index in [4.69, 9.17) is 16.6 Å². The number of hydrogen-bond donors (Lipinski definition) is 2. The highest BCUT2D eigenvalue weighted by Crippen LogP contribution is 2.36. The highest BCUT2D eigenvalue weighted by atomic mass is 35.5. The summed E-state index contributed by atoms with van der Waals surface area (Å²) in [6, 6.07) is 21.4. The molecule has 2 unspecified atom stereocenters. The Morgan fingerprint density at radius 2 is 1.81 bits per heavy atom. The van der Waals surface area contributed by atoms with Gasteiger partial charge in [0.25, 0.3) is 5.91 Å². The van der Waals surface area contributed by atoms with Crippen molar-refractivity contribution in [2.45, 2.75) is 71.6 Å². The van der Waals surface area contributed by atoms with Gasteiger partial charge >= 0.3 is 6.09 Å². The first kappa shape index (κ1) is 33.7. The Balaban J connectivity index is 1.60. The Labute approximate surface area is 280 Å². The molecule has 1 aliphatic heterocycles. The monoisotopic (exact) mass is 655 g/mol. The largest absolute Gasteiger partial charge is 0.465 e. The fourth-order valence-corrected chi connectivity index (χ4v) is 6.38. The Bertz CT molecular complexity index is 1760. The van der Waals surface area contributed by atoms with E-state index in [9.17, 15) is 19.5 Å². The van der Waals surface area contributed by atoms with E-state index in [0.29, 0.717) is 41.6 Å². The minimum atomic E-state index is -0.997. The second-order valence-electron chi connectivity index (χ2n) is 13.2. The highest BCUT2D eigenvalue weighted by Gasteiger charge is 2.36. The highest BCUT2D eigenvalue weighted by molar-refractivity contribution is 6.30. The van der Waals surface area contributed by atoms with Crippen molar-refractivity contribution in [2.75, 3.05) is 11.9 Å². The van der Waals surface area contributed by atoms with Gasteiger partial charge in [0, 0.05) is 29.7 Å². The first-order chi connectivity index (χ1) is 22.4. The fraction of sp³-hybridized carbons (Fsp3) is 0.351. The molecule has 2 heterocycles. The van der Waals surface area contributed by atoms with Gasteiger partial charge in [-0.3, -0.25) is 19.8 Å². The number of hydrogen-bond acceptors (Lipinski definition) is 4. The first-order valence-corrected chi connectivity index (χ1v) is 16.3. The smallest absolute Gasteiger partial charge is 0.408 e. The summed E-state index contributed by atoms with van der Waals surface area (Å²) in [5, 5.41) is 14.1. The van der Waals surface area contributed by atoms with Crippen LogP contribution in [0.5, 0.6) is 0 Å². The van der Waals surface area contributed by atoms with Crippen molar-refractivity contribution >= 4 is 46.5 Å². The number of fused-ring (bicyclic) bond motifs is 1. The quantitative estimate of drug-likeness (QED) is 0.169. The summed E-state index contributed by atoms with van der Waals surface area (Å²) >= 11 is 6.05. The zero-order chi connectivity index (χ0) is 33.9. The molecule has 5 rings (SSSR count). The van der Waals surface area contributed by atoms with E-state index >= 15 is 0 Å². The summed E-state index contributed by atoms with van der Waals surface area (Å²) in [6.07, 6.45) is 2.48. The zero-order valence-electron chi connectivity index (χ0n) is 27.3. The number of benzene rings is 3. The summed E-state index contributed by atoms with van der Waals surface area (Å²) in [6.45, 7) is 12.8. The molecular formula is C37H42ClN5O4. The third-order valence-corrected chi connectivity index (χ3v) is 9.47. The number of carbonyl (C=O) groups is 3. The van der Waals surface area contributed by atoms with Crippen molar-refractivity contribution in [1.82, 2.24) is 19.4 Å². The number of likely N-dealkylation sites (tertiary alicyclic amines) is 1. The van der Waals surface area contributed by atoms with E-state index in [1.54, 1.807) is 29.2 Å². The lowest BCUT2D eigenvalue weighted by molar-refractivity contribution is -0.126. The number of rotatable bonds is 10. The van der Waals surface area contributed by atoms with Crippen molar-refractivity contribution in [1.29, 1.82) is 0 Å². The molecule has 4 aromatic rings. The van der Waals surface area contributed by atoms with Crippen molar-refractivity contribution in [3.63, 3.8) is 0 Å². The number of halogens is 1. The molecule has 3 amide bonds. The van der Waals surface area contributed by atoms with E-state index in [-0.39, 0.29) is 29.3 Å². The molecular weight excluding hydrogens is 614 g/mol. The Morgan fingerprint density at radius 1 is 1.11 bits per heavy atom. The summed E-state index contributed by atoms with van der Waals surface area (Å²) in [5.41, 5.74) is 3.30. The molecule has 2 N–H and O–H groups in total. The number of anilines is 1. The van der Waals surface area contributed by atoms with Crippen LogP contribution in [0.2, 0.25) is 5.02 Å². The second kappa shape index (κ2) is 14.0. The maximum Gasteiger partial charge on any atom is 0.408 e. The first-order valence-electron chi connectivity index (χ1n) is 15.9. The van der Waals surface area contributed by atoms with Gasteiger partial charge in [0.1, 0.15) is 0 Å². The van der Waals surface area contributed by atoms with Gasteiger partial charge in [-0.15, -0.1) is 0 Å². The molecule has 0 saturated carbocycles. The second-order valence-corrected chi connectivity index (χ2v) is 13.7. The number of nitrogens with zero attached hydrogens (tertiary/aromatic N) is 4. The Hall–Kier alpha value is -4.63. The van der Waals surface area contributed by atoms with Crippen LogP contribution in [0.3, 0.4) is 0 Å². The SMILES string of the molecule is C=CC(=O)N1CCCC1Cn1c(NC(=O)c2ccc(Cl)cc2)nc2cc(C(Cc3ccccc3)N(C(=O)O)[C@@H](C)C(C)(C)C)ccc21. The topological polar surface area (TPSA) is 108 Å². The van der Waals surface area contributed by atoms with Gasteiger partial charge in [-0.25, -0.2) is 9.78 Å². The van der Waals surface area contributed by atoms with Gasteiger partial charge in [0.05, 0.1) is 23.1 Å². The molecule has 1 aliphatic rings. The van der Waals surface area contributed by atoms with Gasteiger partial charge in [0.2, 0.25) is 11.9 Å². The molecule has 1 saturated heterocycles. The molecule has 0 bridgehead atoms. The molecule has 0 spiro atoms. The van der Waals surface area contributed by atoms with Crippen LogP contribution in [0.15, 0.2) is 85.5 Å². The third kappa shape index (κ3) is 7.52. The summed E-state index contributed by atoms with van der Waals surface area (Å²) in [4.78, 5) is 47.2. The van der Waals surface area contributed by atoms with Gasteiger partial charge < -0.3 is 14.6 Å². The molecule has 3 aromatic carbocycles. The van der Waals surface area contributed by atoms with E-state index in [0.717, 1.165) is 29.5 Å².